The lowest BCUT2D eigenvalue weighted by Crippen LogP contribution is -2.66. The molecule has 6 aliphatic rings. The van der Waals surface area contributed by atoms with Crippen LogP contribution in [0.3, 0.4) is 0 Å². The van der Waals surface area contributed by atoms with Crippen LogP contribution in [0.25, 0.3) is 0 Å². The lowest BCUT2D eigenvalue weighted by Gasteiger charge is -2.70. The molecule has 7 rings (SSSR count). The van der Waals surface area contributed by atoms with Crippen molar-refractivity contribution in [2.24, 2.45) is 50.2 Å². The number of aryl methyl sites for hydroxylation is 2. The Morgan fingerprint density at radius 2 is 1.54 bits per heavy atom. The highest BCUT2D eigenvalue weighted by Gasteiger charge is 2.70. The van der Waals surface area contributed by atoms with E-state index in [1.54, 1.807) is 0 Å². The Kier molecular flexibility index (Phi) is 14.2. The van der Waals surface area contributed by atoms with Crippen molar-refractivity contribution in [2.75, 3.05) is 18.4 Å². The van der Waals surface area contributed by atoms with E-state index >= 15 is 0 Å². The molecule has 9 heteroatoms. The van der Waals surface area contributed by atoms with Gasteiger partial charge in [0.25, 0.3) is 0 Å². The second-order valence-corrected chi connectivity index (χ2v) is 21.1. The maximum atomic E-state index is 14.2. The Morgan fingerprint density at radius 3 is 2.18 bits per heavy atom. The van der Waals surface area contributed by atoms with Gasteiger partial charge in [0.15, 0.2) is 5.78 Å². The van der Waals surface area contributed by atoms with Crippen LogP contribution in [-0.2, 0) is 14.4 Å². The van der Waals surface area contributed by atoms with Gasteiger partial charge in [0, 0.05) is 11.6 Å². The number of para-hydroxylation sites is 1. The van der Waals surface area contributed by atoms with Crippen molar-refractivity contribution in [1.82, 2.24) is 4.90 Å². The molecule has 5 aliphatic carbocycles. The Bertz CT molecular complexity index is 1670. The molecule has 322 valence electrons. The highest BCUT2D eigenvalue weighted by Crippen LogP contribution is 2.75. The number of hydrogen-bond donors (Lipinski definition) is 3. The molecule has 0 spiro atoms. The van der Waals surface area contributed by atoms with Gasteiger partial charge < -0.3 is 21.0 Å². The summed E-state index contributed by atoms with van der Waals surface area (Å²) in [5.74, 6) is 0.230. The van der Waals surface area contributed by atoms with Crippen molar-refractivity contribution in [1.29, 1.82) is 0 Å². The number of hydrogen-bond acceptors (Lipinski definition) is 5. The third kappa shape index (κ3) is 7.92. The van der Waals surface area contributed by atoms with Gasteiger partial charge in [0.1, 0.15) is 0 Å². The molecule has 57 heavy (non-hydrogen) atoms. The molecule has 8 nitrogen and oxygen atoms in total. The number of unbranched alkanes of at least 4 members (excludes halogenated alkanes) is 1. The predicted molar refractivity (Wildman–Crippen MR) is 233 cm³/mol. The Balaban J connectivity index is 0.000000272. The first-order chi connectivity index (χ1) is 25.7. The van der Waals surface area contributed by atoms with E-state index in [1.165, 1.54) is 24.8 Å². The van der Waals surface area contributed by atoms with E-state index < -0.39 is 11.4 Å². The summed E-state index contributed by atoms with van der Waals surface area (Å²) in [6, 6.07) is 6.19. The third-order valence-electron chi connectivity index (χ3n) is 17.5. The molecule has 0 aromatic heterocycles. The lowest BCUT2D eigenvalue weighted by atomic mass is 9.33. The lowest BCUT2D eigenvalue weighted by molar-refractivity contribution is -0.202. The van der Waals surface area contributed by atoms with Crippen molar-refractivity contribution in [3.8, 4) is 0 Å². The average molecular weight is 814 g/mol. The fourth-order valence-electron chi connectivity index (χ4n) is 13.5. The maximum absolute atomic E-state index is 14.2. The minimum atomic E-state index is -0.711. The molecule has 1 aliphatic heterocycles. The number of benzene rings is 1. The third-order valence-corrected chi connectivity index (χ3v) is 17.5. The first kappa shape index (κ1) is 47.4. The number of allylic oxidation sites excluding steroid dienone is 2. The van der Waals surface area contributed by atoms with E-state index in [0.29, 0.717) is 12.3 Å². The number of nitrogens with zero attached hydrogens (tertiary/aromatic N) is 1. The van der Waals surface area contributed by atoms with Crippen LogP contribution in [-0.4, -0.2) is 63.5 Å². The molecule has 0 bridgehead atoms. The summed E-state index contributed by atoms with van der Waals surface area (Å²) in [6.45, 7) is 24.3. The van der Waals surface area contributed by atoms with Gasteiger partial charge >= 0.3 is 5.97 Å². The molecule has 1 aromatic carbocycles. The molecule has 1 unspecified atom stereocenters. The van der Waals surface area contributed by atoms with E-state index in [1.807, 2.05) is 19.1 Å². The second-order valence-electron chi connectivity index (χ2n) is 21.1. The number of fused-ring (bicyclic) bond motifs is 7. The van der Waals surface area contributed by atoms with Crippen LogP contribution in [0.2, 0.25) is 0 Å². The number of likely N-dealkylation sites (tertiary alicyclic amines) is 1. The molecular weight excluding hydrogens is 736 g/mol. The number of anilines is 1. The van der Waals surface area contributed by atoms with Crippen LogP contribution in [0.1, 0.15) is 156 Å². The number of ketones is 1. The highest BCUT2D eigenvalue weighted by molar-refractivity contribution is 5.96. The van der Waals surface area contributed by atoms with Crippen molar-refractivity contribution < 1.29 is 30.1 Å². The smallest absolute Gasteiger partial charge is 0.309 e. The summed E-state index contributed by atoms with van der Waals surface area (Å²) >= 11 is 0. The summed E-state index contributed by atoms with van der Waals surface area (Å²) in [4.78, 5) is 41.5. The van der Waals surface area contributed by atoms with Crippen LogP contribution >= 0.6 is 12.4 Å². The number of piperidine rings is 1. The number of carbonyl (C=O) groups excluding carboxylic acids is 2. The number of halogens is 1. The number of aliphatic carboxylic acids is 1. The molecule has 1 aromatic rings. The van der Waals surface area contributed by atoms with E-state index in [2.05, 4.69) is 84.7 Å². The SMILES string of the molecule is CC1(C)[C@@H](O)CC[C@]2(C)[C@H]3C(=O)C=C4[C@@H]5C[C@@](C)(C(=O)O)CC[C@]5(C)CC[C@@]4(C)[C@]3(C)CC[C@@H]12.CCCCN1CCCCC1C(=O)Nc1c(C)cccc1C.Cl.O. The summed E-state index contributed by atoms with van der Waals surface area (Å²) < 4.78 is 0. The molecule has 0 radical (unpaired) electrons. The monoisotopic (exact) mass is 813 g/mol. The van der Waals surface area contributed by atoms with Gasteiger partial charge in [-0.05, 0) is 167 Å². The van der Waals surface area contributed by atoms with Crippen molar-refractivity contribution in [3.63, 3.8) is 0 Å². The van der Waals surface area contributed by atoms with Gasteiger partial charge in [0.2, 0.25) is 5.91 Å². The molecule has 10 atom stereocenters. The molecule has 5 N–H and O–H groups in total. The van der Waals surface area contributed by atoms with Crippen molar-refractivity contribution in [2.45, 2.75) is 171 Å². The van der Waals surface area contributed by atoms with Crippen LogP contribution in [0.15, 0.2) is 29.8 Å². The quantitative estimate of drug-likeness (QED) is 0.262. The van der Waals surface area contributed by atoms with Crippen molar-refractivity contribution >= 4 is 35.8 Å². The minimum absolute atomic E-state index is 0. The maximum Gasteiger partial charge on any atom is 0.309 e. The zero-order valence-corrected chi connectivity index (χ0v) is 37.8. The average Bonchev–Trinajstić information content (AvgIpc) is 3.12. The van der Waals surface area contributed by atoms with Crippen LogP contribution < -0.4 is 5.32 Å². The number of aliphatic hydroxyl groups is 1. The zero-order chi connectivity index (χ0) is 40.4. The Labute approximate surface area is 350 Å². The number of amides is 1. The summed E-state index contributed by atoms with van der Waals surface area (Å²) in [5, 5.41) is 24.1. The number of carbonyl (C=O) groups is 3. The first-order valence-electron chi connectivity index (χ1n) is 22.0. The standard InChI is InChI=1S/C30H46O4.C18H28N2O.ClH.H2O/c1-25(2)21-8-11-30(7)23(28(21,5)10-9-22(25)32)20(31)16-18-19-17-27(4,24(33)34)13-12-26(19,3)14-15-29(18,30)6;1-4-5-12-20-13-7-6-11-16(20)18(21)19-17-14(2)9-8-10-15(17)3;;/h16,19,21-23,32H,8-15,17H2,1-7H3,(H,33,34);8-10,16H,4-7,11-13H2,1-3H3,(H,19,21);1H;1H2/t19-,21-,22-,23+,26+,27-,28-,29+,30+;;;/m0.../s1. The zero-order valence-electron chi connectivity index (χ0n) is 37.0. The van der Waals surface area contributed by atoms with Crippen LogP contribution in [0.5, 0.6) is 0 Å². The van der Waals surface area contributed by atoms with Crippen LogP contribution in [0.4, 0.5) is 5.69 Å². The number of carboxylic acid groups (broad SMARTS) is 1. The van der Waals surface area contributed by atoms with Gasteiger partial charge in [0.05, 0.1) is 17.6 Å². The fraction of sp³-hybridized carbons (Fsp3) is 0.771. The van der Waals surface area contributed by atoms with E-state index in [4.69, 9.17) is 0 Å². The summed E-state index contributed by atoms with van der Waals surface area (Å²) in [5.41, 5.74) is 3.41. The van der Waals surface area contributed by atoms with Gasteiger partial charge in [-0.25, -0.2) is 0 Å². The Hall–Kier alpha value is -2.26. The normalized spacial score (nSPS) is 39.5. The van der Waals surface area contributed by atoms with Gasteiger partial charge in [-0.1, -0.05) is 85.1 Å². The highest BCUT2D eigenvalue weighted by atomic mass is 35.5. The first-order valence-corrected chi connectivity index (χ1v) is 22.0. The van der Waals surface area contributed by atoms with E-state index in [9.17, 15) is 24.6 Å². The summed E-state index contributed by atoms with van der Waals surface area (Å²) in [7, 11) is 0. The van der Waals surface area contributed by atoms with Crippen molar-refractivity contribution in [3.05, 3.63) is 41.0 Å². The van der Waals surface area contributed by atoms with Gasteiger partial charge in [-0.2, -0.15) is 0 Å². The number of rotatable bonds is 6. The minimum Gasteiger partial charge on any atom is -0.481 e. The van der Waals surface area contributed by atoms with Crippen LogP contribution in [0, 0.1) is 64.1 Å². The largest absolute Gasteiger partial charge is 0.481 e. The van der Waals surface area contributed by atoms with Gasteiger partial charge in [-0.15, -0.1) is 12.4 Å². The predicted octanol–water partition coefficient (Wildman–Crippen LogP) is 9.91. The molecule has 1 heterocycles. The van der Waals surface area contributed by atoms with E-state index in [-0.39, 0.29) is 80.6 Å². The van der Waals surface area contributed by atoms with E-state index in [0.717, 1.165) is 94.1 Å². The number of carboxylic acids is 1. The molecular formula is C48H77ClN2O6. The molecule has 1 saturated heterocycles. The fourth-order valence-corrected chi connectivity index (χ4v) is 13.5. The second kappa shape index (κ2) is 17.0. The number of aliphatic hydroxyl groups excluding tert-OH is 1. The van der Waals surface area contributed by atoms with Gasteiger partial charge in [-0.3, -0.25) is 19.3 Å². The topological polar surface area (TPSA) is 138 Å². The Morgan fingerprint density at radius 1 is 0.895 bits per heavy atom. The number of nitrogens with one attached hydrogen (secondary N) is 1. The molecule has 5 fully saturated rings. The molecule has 1 amide bonds. The summed E-state index contributed by atoms with van der Waals surface area (Å²) in [6.07, 6.45) is 15.7. The molecule has 4 saturated carbocycles.